The van der Waals surface area contributed by atoms with Gasteiger partial charge in [0, 0.05) is 0 Å². The summed E-state index contributed by atoms with van der Waals surface area (Å²) in [5.74, 6) is 0.654. The monoisotopic (exact) mass is 499 g/mol. The molecule has 34 heavy (non-hydrogen) atoms. The number of nitrogens with one attached hydrogen (secondary N) is 1. The topological polar surface area (TPSA) is 67.8 Å². The molecule has 4 rings (SSSR count). The zero-order valence-corrected chi connectivity index (χ0v) is 21.0. The zero-order chi connectivity index (χ0) is 23.6. The molecule has 1 aliphatic rings. The standard InChI is InChI=1S/C27H33NO4S2/c29-26(27(30,24-13-6-19-33-24)25-14-7-20-34-25)32-23-12-5-4-9-21(23)15-17-28-16-8-18-31-22-10-2-1-3-11-22/h1-3,6-7,10-11,13-14,19-21,23,28,30H,4-5,8-9,12,15-18H2. The van der Waals surface area contributed by atoms with Crippen LogP contribution in [-0.4, -0.2) is 36.9 Å². The third kappa shape index (κ3) is 6.27. The lowest BCUT2D eigenvalue weighted by Gasteiger charge is -2.34. The maximum atomic E-state index is 13.4. The molecular formula is C27H33NO4S2. The van der Waals surface area contributed by atoms with Crippen molar-refractivity contribution >= 4 is 28.6 Å². The quantitative estimate of drug-likeness (QED) is 0.251. The number of carbonyl (C=O) groups is 1. The number of rotatable bonds is 12. The van der Waals surface area contributed by atoms with Crippen LogP contribution in [0.2, 0.25) is 0 Å². The van der Waals surface area contributed by atoms with Crippen LogP contribution in [0.3, 0.4) is 0 Å². The molecule has 0 aliphatic heterocycles. The van der Waals surface area contributed by atoms with Gasteiger partial charge in [-0.2, -0.15) is 0 Å². The molecule has 1 aromatic carbocycles. The third-order valence-corrected chi connectivity index (χ3v) is 8.31. The molecule has 2 heterocycles. The minimum atomic E-state index is -1.73. The van der Waals surface area contributed by atoms with Gasteiger partial charge in [0.1, 0.15) is 11.9 Å². The maximum Gasteiger partial charge on any atom is 0.349 e. The van der Waals surface area contributed by atoms with Crippen molar-refractivity contribution in [1.29, 1.82) is 0 Å². The van der Waals surface area contributed by atoms with Crippen LogP contribution in [0.1, 0.15) is 48.3 Å². The van der Waals surface area contributed by atoms with Crippen molar-refractivity contribution in [2.45, 2.75) is 50.2 Å². The number of thiophene rings is 2. The van der Waals surface area contributed by atoms with E-state index in [0.717, 1.165) is 57.4 Å². The molecule has 0 bridgehead atoms. The summed E-state index contributed by atoms with van der Waals surface area (Å²) < 4.78 is 11.8. The number of benzene rings is 1. The Morgan fingerprint density at radius 3 is 2.35 bits per heavy atom. The van der Waals surface area contributed by atoms with E-state index in [0.29, 0.717) is 22.3 Å². The van der Waals surface area contributed by atoms with Crippen LogP contribution in [0, 0.1) is 5.92 Å². The number of hydrogen-bond acceptors (Lipinski definition) is 7. The second kappa shape index (κ2) is 12.5. The molecule has 5 nitrogen and oxygen atoms in total. The summed E-state index contributed by atoms with van der Waals surface area (Å²) in [5.41, 5.74) is -1.73. The average Bonchev–Trinajstić information content (AvgIpc) is 3.60. The Balaban J connectivity index is 1.26. The molecule has 2 atom stereocenters. The van der Waals surface area contributed by atoms with E-state index in [2.05, 4.69) is 5.32 Å². The van der Waals surface area contributed by atoms with E-state index in [9.17, 15) is 9.90 Å². The molecular weight excluding hydrogens is 466 g/mol. The first-order valence-corrected chi connectivity index (χ1v) is 13.8. The van der Waals surface area contributed by atoms with Crippen molar-refractivity contribution in [3.8, 4) is 5.75 Å². The van der Waals surface area contributed by atoms with E-state index < -0.39 is 11.6 Å². The predicted molar refractivity (Wildman–Crippen MR) is 138 cm³/mol. The zero-order valence-electron chi connectivity index (χ0n) is 19.4. The second-order valence-electron chi connectivity index (χ2n) is 8.71. The molecule has 2 N–H and O–H groups in total. The van der Waals surface area contributed by atoms with Crippen LogP contribution >= 0.6 is 22.7 Å². The highest BCUT2D eigenvalue weighted by Crippen LogP contribution is 2.38. The first kappa shape index (κ1) is 24.9. The summed E-state index contributed by atoms with van der Waals surface area (Å²) >= 11 is 2.75. The summed E-state index contributed by atoms with van der Waals surface area (Å²) in [4.78, 5) is 14.6. The Kier molecular flexibility index (Phi) is 9.16. The van der Waals surface area contributed by atoms with Crippen molar-refractivity contribution in [1.82, 2.24) is 5.32 Å². The van der Waals surface area contributed by atoms with Gasteiger partial charge in [-0.25, -0.2) is 4.79 Å². The van der Waals surface area contributed by atoms with Crippen LogP contribution in [0.4, 0.5) is 0 Å². The van der Waals surface area contributed by atoms with E-state index in [1.807, 2.05) is 53.2 Å². The van der Waals surface area contributed by atoms with Crippen molar-refractivity contribution in [3.05, 3.63) is 75.1 Å². The van der Waals surface area contributed by atoms with Crippen molar-refractivity contribution in [2.75, 3.05) is 19.7 Å². The second-order valence-corrected chi connectivity index (χ2v) is 10.6. The van der Waals surface area contributed by atoms with Gasteiger partial charge in [0.15, 0.2) is 0 Å². The molecule has 1 fully saturated rings. The van der Waals surface area contributed by atoms with E-state index in [1.165, 1.54) is 22.7 Å². The van der Waals surface area contributed by atoms with Gasteiger partial charge in [0.25, 0.3) is 0 Å². The van der Waals surface area contributed by atoms with E-state index in [1.54, 1.807) is 12.1 Å². The molecule has 1 saturated carbocycles. The Morgan fingerprint density at radius 1 is 0.971 bits per heavy atom. The molecule has 182 valence electrons. The minimum Gasteiger partial charge on any atom is -0.494 e. The summed E-state index contributed by atoms with van der Waals surface area (Å²) in [6.45, 7) is 2.45. The van der Waals surface area contributed by atoms with Gasteiger partial charge in [-0.3, -0.25) is 0 Å². The van der Waals surface area contributed by atoms with Crippen LogP contribution in [0.25, 0.3) is 0 Å². The van der Waals surface area contributed by atoms with E-state index in [4.69, 9.17) is 9.47 Å². The smallest absolute Gasteiger partial charge is 0.349 e. The van der Waals surface area contributed by atoms with Crippen LogP contribution in [0.15, 0.2) is 65.4 Å². The van der Waals surface area contributed by atoms with Crippen LogP contribution in [-0.2, 0) is 15.1 Å². The fourth-order valence-corrected chi connectivity index (χ4v) is 6.20. The number of esters is 1. The number of para-hydroxylation sites is 1. The minimum absolute atomic E-state index is 0.157. The molecule has 0 radical (unpaired) electrons. The Labute approximate surface area is 209 Å². The summed E-state index contributed by atoms with van der Waals surface area (Å²) in [7, 11) is 0. The first-order valence-electron chi connectivity index (χ1n) is 12.1. The SMILES string of the molecule is O=C(OC1CCCCC1CCNCCCOc1ccccc1)C(O)(c1cccs1)c1cccs1. The lowest BCUT2D eigenvalue weighted by atomic mass is 9.84. The fourth-order valence-electron chi connectivity index (χ4n) is 4.49. The molecule has 0 spiro atoms. The lowest BCUT2D eigenvalue weighted by Crippen LogP contribution is -2.42. The highest BCUT2D eigenvalue weighted by Gasteiger charge is 2.45. The van der Waals surface area contributed by atoms with Crippen molar-refractivity contribution in [3.63, 3.8) is 0 Å². The molecule has 2 aromatic heterocycles. The van der Waals surface area contributed by atoms with Gasteiger partial charge < -0.3 is 19.9 Å². The average molecular weight is 500 g/mol. The van der Waals surface area contributed by atoms with Gasteiger partial charge in [0.2, 0.25) is 5.60 Å². The van der Waals surface area contributed by atoms with Gasteiger partial charge in [-0.05, 0) is 86.1 Å². The fraction of sp³-hybridized carbons (Fsp3) is 0.444. The van der Waals surface area contributed by atoms with E-state index >= 15 is 0 Å². The number of ether oxygens (including phenoxy) is 2. The normalized spacial score (nSPS) is 18.5. The summed E-state index contributed by atoms with van der Waals surface area (Å²) in [6.07, 6.45) is 5.84. The molecule has 7 heteroatoms. The number of aliphatic hydroxyl groups is 1. The van der Waals surface area contributed by atoms with Crippen molar-refractivity contribution < 1.29 is 19.4 Å². The van der Waals surface area contributed by atoms with Crippen molar-refractivity contribution in [2.24, 2.45) is 5.92 Å². The van der Waals surface area contributed by atoms with Gasteiger partial charge in [-0.1, -0.05) is 36.8 Å². The highest BCUT2D eigenvalue weighted by molar-refractivity contribution is 7.12. The Hall–Kier alpha value is -2.19. The predicted octanol–water partition coefficient (Wildman–Crippen LogP) is 5.60. The maximum absolute atomic E-state index is 13.4. The Bertz CT molecular complexity index is 941. The van der Waals surface area contributed by atoms with Crippen LogP contribution < -0.4 is 10.1 Å². The number of carbonyl (C=O) groups excluding carboxylic acids is 1. The molecule has 0 saturated heterocycles. The molecule has 3 aromatic rings. The van der Waals surface area contributed by atoms with Gasteiger partial charge >= 0.3 is 5.97 Å². The van der Waals surface area contributed by atoms with Gasteiger partial charge in [0.05, 0.1) is 16.4 Å². The van der Waals surface area contributed by atoms with E-state index in [-0.39, 0.29) is 6.10 Å². The van der Waals surface area contributed by atoms with Gasteiger partial charge in [-0.15, -0.1) is 22.7 Å². The summed E-state index contributed by atoms with van der Waals surface area (Å²) in [5, 5.41) is 18.8. The third-order valence-electron chi connectivity index (χ3n) is 6.35. The highest BCUT2D eigenvalue weighted by atomic mass is 32.1. The lowest BCUT2D eigenvalue weighted by molar-refractivity contribution is -0.172. The first-order chi connectivity index (χ1) is 16.7. The Morgan fingerprint density at radius 2 is 1.68 bits per heavy atom. The molecule has 2 unspecified atom stereocenters. The molecule has 1 aliphatic carbocycles. The molecule has 0 amide bonds. The number of hydrogen-bond donors (Lipinski definition) is 2. The summed E-state index contributed by atoms with van der Waals surface area (Å²) in [6, 6.07) is 17.2. The van der Waals surface area contributed by atoms with Crippen LogP contribution in [0.5, 0.6) is 5.75 Å². The largest absolute Gasteiger partial charge is 0.494 e.